The summed E-state index contributed by atoms with van der Waals surface area (Å²) < 4.78 is 27.3. The number of amides is 1. The lowest BCUT2D eigenvalue weighted by molar-refractivity contribution is 0.0690. The second-order valence-electron chi connectivity index (χ2n) is 6.72. The first-order valence-electron chi connectivity index (χ1n) is 8.56. The molecule has 1 saturated carbocycles. The van der Waals surface area contributed by atoms with Crippen LogP contribution in [-0.2, 0) is 10.0 Å². The minimum absolute atomic E-state index is 0.0561. The van der Waals surface area contributed by atoms with E-state index < -0.39 is 10.0 Å². The molecule has 1 saturated heterocycles. The van der Waals surface area contributed by atoms with E-state index in [4.69, 9.17) is 0 Å². The SMILES string of the molecule is CNCC1CCN(C(=O)c2cccc(S(=O)(=O)NC3CC3)c2)CC1. The fourth-order valence-electron chi connectivity index (χ4n) is 3.10. The molecule has 0 bridgehead atoms. The highest BCUT2D eigenvalue weighted by Crippen LogP contribution is 2.23. The summed E-state index contributed by atoms with van der Waals surface area (Å²) >= 11 is 0. The second-order valence-corrected chi connectivity index (χ2v) is 8.43. The predicted molar refractivity (Wildman–Crippen MR) is 92.3 cm³/mol. The largest absolute Gasteiger partial charge is 0.339 e. The molecule has 1 aliphatic carbocycles. The van der Waals surface area contributed by atoms with Crippen LogP contribution in [0, 0.1) is 5.92 Å². The van der Waals surface area contributed by atoms with Gasteiger partial charge in [0.15, 0.2) is 0 Å². The van der Waals surface area contributed by atoms with E-state index in [0.717, 1.165) is 45.3 Å². The van der Waals surface area contributed by atoms with Crippen LogP contribution in [0.25, 0.3) is 0 Å². The van der Waals surface area contributed by atoms with Gasteiger partial charge in [0, 0.05) is 24.7 Å². The fourth-order valence-corrected chi connectivity index (χ4v) is 4.45. The van der Waals surface area contributed by atoms with Gasteiger partial charge >= 0.3 is 0 Å². The van der Waals surface area contributed by atoms with Crippen molar-refractivity contribution in [2.75, 3.05) is 26.7 Å². The van der Waals surface area contributed by atoms with Crippen LogP contribution < -0.4 is 10.0 Å². The van der Waals surface area contributed by atoms with Crippen molar-refractivity contribution in [1.82, 2.24) is 14.9 Å². The van der Waals surface area contributed by atoms with Crippen molar-refractivity contribution in [3.05, 3.63) is 29.8 Å². The number of nitrogens with one attached hydrogen (secondary N) is 2. The van der Waals surface area contributed by atoms with Gasteiger partial charge < -0.3 is 10.2 Å². The van der Waals surface area contributed by atoms with E-state index in [1.807, 2.05) is 11.9 Å². The molecular weight excluding hydrogens is 326 g/mol. The summed E-state index contributed by atoms with van der Waals surface area (Å²) in [6.45, 7) is 2.42. The van der Waals surface area contributed by atoms with Gasteiger partial charge in [-0.05, 0) is 63.4 Å². The number of nitrogens with zero attached hydrogens (tertiary/aromatic N) is 1. The normalized spacial score (nSPS) is 19.5. The molecule has 2 N–H and O–H groups in total. The number of carbonyl (C=O) groups is 1. The van der Waals surface area contributed by atoms with Crippen molar-refractivity contribution < 1.29 is 13.2 Å². The van der Waals surface area contributed by atoms with E-state index in [1.165, 1.54) is 6.07 Å². The number of sulfonamides is 1. The van der Waals surface area contributed by atoms with Crippen LogP contribution in [-0.4, -0.2) is 51.9 Å². The third-order valence-electron chi connectivity index (χ3n) is 4.68. The molecule has 24 heavy (non-hydrogen) atoms. The van der Waals surface area contributed by atoms with Crippen LogP contribution in [0.4, 0.5) is 0 Å². The zero-order valence-electron chi connectivity index (χ0n) is 14.0. The van der Waals surface area contributed by atoms with Crippen molar-refractivity contribution in [3.63, 3.8) is 0 Å². The summed E-state index contributed by atoms with van der Waals surface area (Å²) in [5.74, 6) is 0.523. The van der Waals surface area contributed by atoms with Gasteiger partial charge in [-0.15, -0.1) is 0 Å². The third-order valence-corrected chi connectivity index (χ3v) is 6.20. The van der Waals surface area contributed by atoms with E-state index >= 15 is 0 Å². The van der Waals surface area contributed by atoms with E-state index in [1.54, 1.807) is 18.2 Å². The maximum absolute atomic E-state index is 12.7. The van der Waals surface area contributed by atoms with Crippen LogP contribution in [0.5, 0.6) is 0 Å². The van der Waals surface area contributed by atoms with Crippen LogP contribution in [0.15, 0.2) is 29.2 Å². The highest BCUT2D eigenvalue weighted by atomic mass is 32.2. The van der Waals surface area contributed by atoms with Gasteiger partial charge in [-0.2, -0.15) is 0 Å². The van der Waals surface area contributed by atoms with Crippen molar-refractivity contribution in [1.29, 1.82) is 0 Å². The molecule has 2 aliphatic rings. The van der Waals surface area contributed by atoms with E-state index in [-0.39, 0.29) is 16.8 Å². The summed E-state index contributed by atoms with van der Waals surface area (Å²) in [4.78, 5) is 14.7. The molecule has 0 radical (unpaired) electrons. The van der Waals surface area contributed by atoms with Gasteiger partial charge in [0.05, 0.1) is 4.90 Å². The zero-order valence-corrected chi connectivity index (χ0v) is 14.8. The highest BCUT2D eigenvalue weighted by Gasteiger charge is 2.29. The number of rotatable bonds is 6. The van der Waals surface area contributed by atoms with Gasteiger partial charge in [0.1, 0.15) is 0 Å². The number of piperidine rings is 1. The van der Waals surface area contributed by atoms with E-state index in [0.29, 0.717) is 11.5 Å². The van der Waals surface area contributed by atoms with E-state index in [9.17, 15) is 13.2 Å². The number of hydrogen-bond acceptors (Lipinski definition) is 4. The maximum atomic E-state index is 12.7. The molecule has 0 spiro atoms. The Labute approximate surface area is 143 Å². The first-order chi connectivity index (χ1) is 11.5. The summed E-state index contributed by atoms with van der Waals surface area (Å²) in [7, 11) is -1.59. The summed E-state index contributed by atoms with van der Waals surface area (Å²) in [5, 5.41) is 3.18. The Bertz CT molecular complexity index is 693. The van der Waals surface area contributed by atoms with Crippen LogP contribution in [0.2, 0.25) is 0 Å². The fraction of sp³-hybridized carbons (Fsp3) is 0.588. The predicted octanol–water partition coefficient (Wildman–Crippen LogP) is 1.20. The zero-order chi connectivity index (χ0) is 17.2. The van der Waals surface area contributed by atoms with Gasteiger partial charge in [-0.1, -0.05) is 6.07 Å². The molecule has 1 aromatic rings. The Morgan fingerprint density at radius 1 is 1.21 bits per heavy atom. The van der Waals surface area contributed by atoms with Crippen LogP contribution >= 0.6 is 0 Å². The second kappa shape index (κ2) is 7.21. The van der Waals surface area contributed by atoms with Gasteiger partial charge in [-0.25, -0.2) is 13.1 Å². The molecule has 1 amide bonds. The van der Waals surface area contributed by atoms with Gasteiger partial charge in [-0.3, -0.25) is 4.79 Å². The summed E-state index contributed by atoms with van der Waals surface area (Å²) in [6, 6.07) is 6.43. The lowest BCUT2D eigenvalue weighted by atomic mass is 9.96. The molecule has 7 heteroatoms. The van der Waals surface area contributed by atoms with Crippen LogP contribution in [0.1, 0.15) is 36.0 Å². The quantitative estimate of drug-likeness (QED) is 0.807. The highest BCUT2D eigenvalue weighted by molar-refractivity contribution is 7.89. The minimum Gasteiger partial charge on any atom is -0.339 e. The van der Waals surface area contributed by atoms with Crippen molar-refractivity contribution in [3.8, 4) is 0 Å². The third kappa shape index (κ3) is 4.15. The molecular formula is C17H25N3O3S. The number of likely N-dealkylation sites (tertiary alicyclic amines) is 1. The summed E-state index contributed by atoms with van der Waals surface area (Å²) in [6.07, 6.45) is 3.74. The van der Waals surface area contributed by atoms with Crippen molar-refractivity contribution in [2.45, 2.75) is 36.6 Å². The number of carbonyl (C=O) groups excluding carboxylic acids is 1. The molecule has 1 aromatic carbocycles. The van der Waals surface area contributed by atoms with E-state index in [2.05, 4.69) is 10.0 Å². The average Bonchev–Trinajstić information content (AvgIpc) is 3.39. The Morgan fingerprint density at radius 2 is 1.92 bits per heavy atom. The smallest absolute Gasteiger partial charge is 0.253 e. The topological polar surface area (TPSA) is 78.5 Å². The molecule has 132 valence electrons. The molecule has 0 atom stereocenters. The van der Waals surface area contributed by atoms with Crippen molar-refractivity contribution in [2.24, 2.45) is 5.92 Å². The number of hydrogen-bond donors (Lipinski definition) is 2. The first kappa shape index (κ1) is 17.4. The molecule has 0 unspecified atom stereocenters. The Balaban J connectivity index is 1.68. The maximum Gasteiger partial charge on any atom is 0.253 e. The summed E-state index contributed by atoms with van der Waals surface area (Å²) in [5.41, 5.74) is 0.445. The van der Waals surface area contributed by atoms with Crippen LogP contribution in [0.3, 0.4) is 0 Å². The monoisotopic (exact) mass is 351 g/mol. The van der Waals surface area contributed by atoms with Gasteiger partial charge in [0.25, 0.3) is 5.91 Å². The first-order valence-corrected chi connectivity index (χ1v) is 10.0. The average molecular weight is 351 g/mol. The number of benzene rings is 1. The molecule has 1 aliphatic heterocycles. The van der Waals surface area contributed by atoms with Crippen molar-refractivity contribution >= 4 is 15.9 Å². The molecule has 6 nitrogen and oxygen atoms in total. The lowest BCUT2D eigenvalue weighted by Gasteiger charge is -2.32. The Morgan fingerprint density at radius 3 is 2.54 bits per heavy atom. The molecule has 0 aromatic heterocycles. The Kier molecular flexibility index (Phi) is 5.22. The van der Waals surface area contributed by atoms with Gasteiger partial charge in [0.2, 0.25) is 10.0 Å². The minimum atomic E-state index is -3.53. The molecule has 3 rings (SSSR count). The molecule has 2 fully saturated rings. The Hall–Kier alpha value is -1.44. The standard InChI is InChI=1S/C17H25N3O3S/c1-18-12-13-7-9-20(10-8-13)17(21)14-3-2-4-16(11-14)24(22,23)19-15-5-6-15/h2-4,11,13,15,18-19H,5-10,12H2,1H3. The lowest BCUT2D eigenvalue weighted by Crippen LogP contribution is -2.40. The molecule has 1 heterocycles.